The lowest BCUT2D eigenvalue weighted by Gasteiger charge is -2.11. The number of hydrogen-bond acceptors (Lipinski definition) is 4. The maximum absolute atomic E-state index is 6.70. The summed E-state index contributed by atoms with van der Waals surface area (Å²) in [5, 5.41) is 4.37. The van der Waals surface area contributed by atoms with Crippen molar-refractivity contribution in [2.24, 2.45) is 0 Å². The van der Waals surface area contributed by atoms with Crippen LogP contribution in [0, 0.1) is 0 Å². The van der Waals surface area contributed by atoms with Gasteiger partial charge in [-0.25, -0.2) is 9.97 Å². The van der Waals surface area contributed by atoms with Gasteiger partial charge in [-0.2, -0.15) is 0 Å². The van der Waals surface area contributed by atoms with E-state index in [9.17, 15) is 0 Å². The molecule has 0 saturated carbocycles. The summed E-state index contributed by atoms with van der Waals surface area (Å²) in [7, 11) is 0. The fraction of sp³-hybridized carbons (Fsp3) is 0. The molecule has 0 fully saturated rings. The summed E-state index contributed by atoms with van der Waals surface area (Å²) in [5.74, 6) is 0.693. The minimum absolute atomic E-state index is 0.693. The first-order valence-electron chi connectivity index (χ1n) is 18.8. The van der Waals surface area contributed by atoms with Crippen LogP contribution in [0.4, 0.5) is 0 Å². The number of para-hydroxylation sites is 3. The van der Waals surface area contributed by atoms with E-state index in [2.05, 4.69) is 158 Å². The molecule has 11 rings (SSSR count). The van der Waals surface area contributed by atoms with Gasteiger partial charge in [0.15, 0.2) is 5.82 Å². The Kier molecular flexibility index (Phi) is 7.46. The third-order valence-corrected chi connectivity index (χ3v) is 10.7. The van der Waals surface area contributed by atoms with Crippen molar-refractivity contribution in [3.63, 3.8) is 0 Å². The molecule has 0 saturated heterocycles. The Hall–Kier alpha value is -7.56. The molecule has 0 unspecified atom stereocenters. The van der Waals surface area contributed by atoms with Gasteiger partial charge in [0.25, 0.3) is 0 Å². The summed E-state index contributed by atoms with van der Waals surface area (Å²) in [6.45, 7) is 0. The SMILES string of the molecule is c1ccc(-c2cccc(-c3cc(-c4ccc(-c5ccc6c(c5)oc5c(-c7cccc8c7oc7ccccc78)cccc56)cc4)nc(-c4ccccc4)n3)c2)cc1. The lowest BCUT2D eigenvalue weighted by atomic mass is 9.98. The summed E-state index contributed by atoms with van der Waals surface area (Å²) >= 11 is 0. The van der Waals surface area contributed by atoms with E-state index in [0.717, 1.165) is 99.8 Å². The second-order valence-electron chi connectivity index (χ2n) is 14.1. The number of hydrogen-bond donors (Lipinski definition) is 0. The van der Waals surface area contributed by atoms with Crippen LogP contribution in [0.5, 0.6) is 0 Å². The van der Waals surface area contributed by atoms with Gasteiger partial charge in [0.2, 0.25) is 0 Å². The van der Waals surface area contributed by atoms with Gasteiger partial charge in [-0.15, -0.1) is 0 Å². The van der Waals surface area contributed by atoms with Gasteiger partial charge in [0.1, 0.15) is 22.3 Å². The Labute approximate surface area is 323 Å². The Morgan fingerprint density at radius 1 is 0.286 bits per heavy atom. The molecular formula is C52H32N2O2. The zero-order chi connectivity index (χ0) is 37.0. The van der Waals surface area contributed by atoms with E-state index in [4.69, 9.17) is 18.8 Å². The van der Waals surface area contributed by atoms with Gasteiger partial charge in [-0.05, 0) is 52.6 Å². The van der Waals surface area contributed by atoms with Crippen molar-refractivity contribution in [1.82, 2.24) is 9.97 Å². The lowest BCUT2D eigenvalue weighted by Crippen LogP contribution is -1.96. The van der Waals surface area contributed by atoms with Crippen LogP contribution in [0.2, 0.25) is 0 Å². The van der Waals surface area contributed by atoms with Crippen molar-refractivity contribution in [2.45, 2.75) is 0 Å². The molecule has 4 nitrogen and oxygen atoms in total. The molecule has 0 radical (unpaired) electrons. The Morgan fingerprint density at radius 2 is 0.768 bits per heavy atom. The molecule has 56 heavy (non-hydrogen) atoms. The van der Waals surface area contributed by atoms with Gasteiger partial charge in [0.05, 0.1) is 11.4 Å². The lowest BCUT2D eigenvalue weighted by molar-refractivity contribution is 0.665. The molecular weight excluding hydrogens is 685 g/mol. The van der Waals surface area contributed by atoms with Gasteiger partial charge in [-0.3, -0.25) is 0 Å². The zero-order valence-corrected chi connectivity index (χ0v) is 30.2. The smallest absolute Gasteiger partial charge is 0.160 e. The number of benzene rings is 8. The van der Waals surface area contributed by atoms with Crippen LogP contribution in [-0.2, 0) is 0 Å². The van der Waals surface area contributed by atoms with Crippen LogP contribution >= 0.6 is 0 Å². The van der Waals surface area contributed by atoms with Crippen LogP contribution < -0.4 is 0 Å². The second kappa shape index (κ2) is 13.1. The summed E-state index contributed by atoms with van der Waals surface area (Å²) in [4.78, 5) is 10.1. The van der Waals surface area contributed by atoms with Crippen molar-refractivity contribution in [1.29, 1.82) is 0 Å². The van der Waals surface area contributed by atoms with Crippen LogP contribution in [-0.4, -0.2) is 9.97 Å². The summed E-state index contributed by atoms with van der Waals surface area (Å²) in [6.07, 6.45) is 0. The van der Waals surface area contributed by atoms with Crippen molar-refractivity contribution in [3.8, 4) is 67.3 Å². The van der Waals surface area contributed by atoms with Gasteiger partial charge < -0.3 is 8.83 Å². The molecule has 8 aromatic carbocycles. The van der Waals surface area contributed by atoms with Crippen LogP contribution in [0.3, 0.4) is 0 Å². The topological polar surface area (TPSA) is 52.1 Å². The fourth-order valence-corrected chi connectivity index (χ4v) is 7.93. The highest BCUT2D eigenvalue weighted by atomic mass is 16.3. The van der Waals surface area contributed by atoms with Gasteiger partial charge >= 0.3 is 0 Å². The molecule has 0 spiro atoms. The molecule has 262 valence electrons. The number of aromatic nitrogens is 2. The largest absolute Gasteiger partial charge is 0.455 e. The first kappa shape index (κ1) is 31.9. The van der Waals surface area contributed by atoms with E-state index < -0.39 is 0 Å². The number of fused-ring (bicyclic) bond motifs is 6. The molecule has 0 atom stereocenters. The Bertz CT molecular complexity index is 3230. The highest BCUT2D eigenvalue weighted by Gasteiger charge is 2.18. The van der Waals surface area contributed by atoms with Crippen LogP contribution in [0.1, 0.15) is 0 Å². The quantitative estimate of drug-likeness (QED) is 0.172. The summed E-state index contributed by atoms with van der Waals surface area (Å²) in [5.41, 5.74) is 14.8. The van der Waals surface area contributed by atoms with Gasteiger partial charge in [-0.1, -0.05) is 164 Å². The fourth-order valence-electron chi connectivity index (χ4n) is 7.93. The highest BCUT2D eigenvalue weighted by molar-refractivity contribution is 6.15. The molecule has 3 heterocycles. The van der Waals surface area contributed by atoms with Crippen molar-refractivity contribution in [3.05, 3.63) is 194 Å². The summed E-state index contributed by atoms with van der Waals surface area (Å²) < 4.78 is 13.1. The first-order valence-corrected chi connectivity index (χ1v) is 18.8. The summed E-state index contributed by atoms with van der Waals surface area (Å²) in [6, 6.07) is 67.3. The van der Waals surface area contributed by atoms with Gasteiger partial charge in [0, 0.05) is 49.4 Å². The normalized spacial score (nSPS) is 11.6. The predicted octanol–water partition coefficient (Wildman–Crippen LogP) is 14.3. The zero-order valence-electron chi connectivity index (χ0n) is 30.2. The van der Waals surface area contributed by atoms with E-state index in [-0.39, 0.29) is 0 Å². The van der Waals surface area contributed by atoms with Crippen LogP contribution in [0.15, 0.2) is 203 Å². The number of rotatable bonds is 6. The van der Waals surface area contributed by atoms with E-state index in [1.807, 2.05) is 36.4 Å². The molecule has 11 aromatic rings. The monoisotopic (exact) mass is 716 g/mol. The molecule has 0 bridgehead atoms. The van der Waals surface area contributed by atoms with E-state index in [1.54, 1.807) is 0 Å². The molecule has 0 N–H and O–H groups in total. The number of nitrogens with zero attached hydrogens (tertiary/aromatic N) is 2. The van der Waals surface area contributed by atoms with E-state index in [1.165, 1.54) is 5.56 Å². The maximum atomic E-state index is 6.70. The third-order valence-electron chi connectivity index (χ3n) is 10.7. The van der Waals surface area contributed by atoms with Crippen LogP contribution in [0.25, 0.3) is 111 Å². The molecule has 0 aliphatic rings. The first-order chi connectivity index (χ1) is 27.7. The average molecular weight is 717 g/mol. The third kappa shape index (κ3) is 5.47. The van der Waals surface area contributed by atoms with E-state index in [0.29, 0.717) is 5.82 Å². The van der Waals surface area contributed by atoms with E-state index >= 15 is 0 Å². The standard InChI is InChI=1S/C52H32N2O2/c1-3-12-33(13-4-1)37-16-9-17-39(30-37)47-32-46(53-52(54-47)36-14-5-2-6-15-36)35-26-24-34(25-27-35)38-28-29-41-43-20-11-22-45(51(43)56-49(41)31-38)44-21-10-19-42-40-18-7-8-23-48(40)55-50(42)44/h1-32H. The minimum atomic E-state index is 0.693. The minimum Gasteiger partial charge on any atom is -0.455 e. The second-order valence-corrected chi connectivity index (χ2v) is 14.1. The van der Waals surface area contributed by atoms with Crippen molar-refractivity contribution in [2.75, 3.05) is 0 Å². The Morgan fingerprint density at radius 3 is 1.50 bits per heavy atom. The van der Waals surface area contributed by atoms with Crippen molar-refractivity contribution < 1.29 is 8.83 Å². The molecule has 4 heteroatoms. The molecule has 3 aromatic heterocycles. The molecule has 0 aliphatic carbocycles. The average Bonchev–Trinajstić information content (AvgIpc) is 3.85. The number of furan rings is 2. The maximum Gasteiger partial charge on any atom is 0.160 e. The van der Waals surface area contributed by atoms with Crippen molar-refractivity contribution >= 4 is 43.9 Å². The Balaban J connectivity index is 0.966. The highest BCUT2D eigenvalue weighted by Crippen LogP contribution is 2.42. The molecule has 0 amide bonds. The molecule has 0 aliphatic heterocycles. The predicted molar refractivity (Wildman–Crippen MR) is 229 cm³/mol.